The highest BCUT2D eigenvalue weighted by atomic mass is 16.8. The van der Waals surface area contributed by atoms with Crippen molar-refractivity contribution in [2.24, 2.45) is 34.4 Å². The number of aliphatic hydroxyl groups is 16. The number of allylic oxidation sites excluding steroid dienone is 1. The first kappa shape index (κ1) is 75.1. The van der Waals surface area contributed by atoms with Crippen molar-refractivity contribution in [3.63, 3.8) is 0 Å². The smallest absolute Gasteiger partial charge is 0.201 e. The summed E-state index contributed by atoms with van der Waals surface area (Å²) in [6, 6.07) is -4.82. The molecule has 6 fully saturated rings. The van der Waals surface area contributed by atoms with E-state index in [4.69, 9.17) is 96.0 Å². The number of benzene rings is 2. The molecule has 0 aromatic heterocycles. The predicted molar refractivity (Wildman–Crippen MR) is 307 cm³/mol. The van der Waals surface area contributed by atoms with Crippen molar-refractivity contribution in [2.75, 3.05) is 61.0 Å². The number of methoxy groups -OCH3 is 3. The average molecular weight is 1350 g/mol. The Morgan fingerprint density at radius 3 is 1.20 bits per heavy atom. The van der Waals surface area contributed by atoms with E-state index < -0.39 is 257 Å². The van der Waals surface area contributed by atoms with Crippen molar-refractivity contribution in [3.05, 3.63) is 58.7 Å². The first-order valence-corrected chi connectivity index (χ1v) is 29.4. The molecule has 0 spiro atoms. The standard InChI is InChI=1S/C56H84N6O32/c1-82-21-10-23(84-3)22(83-2)9-17(21)7-8-20(69)18-5-4-6-19(45(76)55(15-67)47(78)39(74)33(61)53(93-55)91-43-26(13-65)87-51(31(59)37(43)72)89-41-24(11-63)85-49(80)29(57)35(41)70)28(18)46(77)56(16-68)48(79)40(75)34(62)54(94-56)92-44-27(14-66)88-52(32(60)38(44)73)90-42-25(12-64)86-50(81)30(58)36(42)71/h4-10,24-27,29-44,47-54,63-68,70-75,78-81H,11-16,57-62H2,1-3H3/b8-7+/t24-,25-,26-,27-,29-,30-,31-,32-,33-,34-,35-,36-,37-,38-,39-,40-,41?,42?,43?,44?,47+,48+,49-,50-,51+,52+,53+,54+,55+,56+/m1/s1. The van der Waals surface area contributed by atoms with Crippen molar-refractivity contribution in [3.8, 4) is 17.2 Å². The molecule has 0 amide bonds. The Labute approximate surface area is 534 Å². The number of hydrogen-bond acceptors (Lipinski definition) is 38. The van der Waals surface area contributed by atoms with Gasteiger partial charge in [-0.05, 0) is 18.2 Å². The lowest BCUT2D eigenvalue weighted by Gasteiger charge is -2.51. The quantitative estimate of drug-likeness (QED) is 0.0343. The molecule has 6 saturated heterocycles. The maximum Gasteiger partial charge on any atom is 0.201 e. The van der Waals surface area contributed by atoms with E-state index in [1.165, 1.54) is 39.5 Å². The van der Waals surface area contributed by atoms with Gasteiger partial charge in [0.05, 0.1) is 97.2 Å². The lowest BCUT2D eigenvalue weighted by atomic mass is 9.75. The van der Waals surface area contributed by atoms with E-state index in [0.29, 0.717) is 0 Å². The minimum atomic E-state index is -3.36. The van der Waals surface area contributed by atoms with Crippen LogP contribution in [0.3, 0.4) is 0 Å². The third-order valence-electron chi connectivity index (χ3n) is 17.7. The fourth-order valence-corrected chi connectivity index (χ4v) is 12.0. The SMILES string of the molecule is COc1cc(OC)c(OC)cc1/C=C/C(=O)c1cccc(C(=O)[C@]2(CO)O[C@H](OC3[C@@H](CO)O[C@@H](OC4[C@@H](CO)O[C@@H](O)[C@H](N)[C@H]4O)[C@H](N)[C@H]3O)[C@H](N)[C@@H](O)[C@@H]2O)c1C(=O)[C@]1(CO)O[C@H](OC2[C@@H](CO)O[C@@H](OC3[C@@H](CO)O[C@@H](O)[C@H](N)[C@H]3O)[C@H](N)[C@H]2O)[C@H](N)[C@@H](O)[C@@H]1O. The van der Waals surface area contributed by atoms with E-state index in [1.807, 2.05) is 0 Å². The number of rotatable bonds is 24. The van der Waals surface area contributed by atoms with Crippen LogP contribution in [0.2, 0.25) is 0 Å². The van der Waals surface area contributed by atoms with Crippen LogP contribution in [0.1, 0.15) is 36.6 Å². The van der Waals surface area contributed by atoms with Gasteiger partial charge in [0.2, 0.25) is 11.6 Å². The summed E-state index contributed by atoms with van der Waals surface area (Å²) >= 11 is 0. The highest BCUT2D eigenvalue weighted by molar-refractivity contribution is 6.22. The number of nitrogens with two attached hydrogens (primary N) is 6. The molecular weight excluding hydrogens is 1270 g/mol. The van der Waals surface area contributed by atoms with E-state index in [2.05, 4.69) is 0 Å². The lowest BCUT2D eigenvalue weighted by Crippen LogP contribution is -2.73. The summed E-state index contributed by atoms with van der Waals surface area (Å²) in [5.74, 6) is -4.22. The van der Waals surface area contributed by atoms with Crippen molar-refractivity contribution < 1.29 is 158 Å². The molecule has 94 heavy (non-hydrogen) atoms. The van der Waals surface area contributed by atoms with Crippen LogP contribution in [0.5, 0.6) is 17.2 Å². The van der Waals surface area contributed by atoms with E-state index in [0.717, 1.165) is 24.3 Å². The molecular formula is C56H84N6O32. The van der Waals surface area contributed by atoms with Gasteiger partial charge in [-0.15, -0.1) is 0 Å². The Bertz CT molecular complexity index is 2940. The Morgan fingerprint density at radius 2 is 0.809 bits per heavy atom. The van der Waals surface area contributed by atoms with Gasteiger partial charge in [0.1, 0.15) is 103 Å². The zero-order valence-electron chi connectivity index (χ0n) is 50.6. The van der Waals surface area contributed by atoms with Crippen LogP contribution in [0.15, 0.2) is 36.4 Å². The molecule has 0 aliphatic carbocycles. The maximum absolute atomic E-state index is 15.9. The number of carbonyl (C=O) groups is 3. The second-order valence-electron chi connectivity index (χ2n) is 23.2. The van der Waals surface area contributed by atoms with Gasteiger partial charge in [-0.1, -0.05) is 18.2 Å². The Hall–Kier alpha value is -4.69. The maximum atomic E-state index is 15.9. The molecule has 4 unspecified atom stereocenters. The van der Waals surface area contributed by atoms with Gasteiger partial charge in [-0.25, -0.2) is 0 Å². The zero-order chi connectivity index (χ0) is 69.3. The van der Waals surface area contributed by atoms with Gasteiger partial charge in [-0.3, -0.25) is 14.4 Å². The number of carbonyl (C=O) groups excluding carboxylic acids is 3. The molecule has 30 atom stereocenters. The Balaban J connectivity index is 1.16. The monoisotopic (exact) mass is 1350 g/mol. The fraction of sp³-hybridized carbons (Fsp3) is 0.696. The molecule has 0 bridgehead atoms. The third-order valence-corrected chi connectivity index (χ3v) is 17.7. The number of hydrogen-bond donors (Lipinski definition) is 22. The average Bonchev–Trinajstić information content (AvgIpc) is 0.730. The molecule has 0 radical (unpaired) electrons. The van der Waals surface area contributed by atoms with Crippen LogP contribution in [0, 0.1) is 0 Å². The topological polar surface area (TPSA) is 651 Å². The van der Waals surface area contributed by atoms with E-state index in [9.17, 15) is 86.5 Å². The Morgan fingerprint density at radius 1 is 0.457 bits per heavy atom. The number of ketones is 3. The molecule has 38 nitrogen and oxygen atoms in total. The molecule has 2 aromatic rings. The molecule has 28 N–H and O–H groups in total. The molecule has 6 aliphatic rings. The van der Waals surface area contributed by atoms with Crippen LogP contribution < -0.4 is 48.6 Å². The molecule has 6 heterocycles. The van der Waals surface area contributed by atoms with Crippen LogP contribution >= 0.6 is 0 Å². The number of Topliss-reactive ketones (excluding diaryl/α,β-unsaturated/α-hetero) is 2. The van der Waals surface area contributed by atoms with Crippen LogP contribution in [0.4, 0.5) is 0 Å². The second-order valence-corrected chi connectivity index (χ2v) is 23.2. The molecule has 6 aliphatic heterocycles. The van der Waals surface area contributed by atoms with Crippen molar-refractivity contribution in [1.82, 2.24) is 0 Å². The van der Waals surface area contributed by atoms with Crippen molar-refractivity contribution in [2.45, 2.75) is 183 Å². The molecule has 8 rings (SSSR count). The van der Waals surface area contributed by atoms with E-state index in [1.54, 1.807) is 0 Å². The van der Waals surface area contributed by atoms with Crippen LogP contribution in [0.25, 0.3) is 6.08 Å². The van der Waals surface area contributed by atoms with Gasteiger partial charge in [0.25, 0.3) is 0 Å². The van der Waals surface area contributed by atoms with Crippen LogP contribution in [-0.2, 0) is 47.4 Å². The van der Waals surface area contributed by atoms with Crippen molar-refractivity contribution >= 4 is 23.4 Å². The van der Waals surface area contributed by atoms with Gasteiger partial charge >= 0.3 is 0 Å². The van der Waals surface area contributed by atoms with Gasteiger partial charge < -0.3 is 178 Å². The summed E-state index contributed by atoms with van der Waals surface area (Å²) in [6.07, 6.45) is -40.7. The number of aliphatic hydroxyl groups excluding tert-OH is 16. The summed E-state index contributed by atoms with van der Waals surface area (Å²) in [7, 11) is 3.93. The summed E-state index contributed by atoms with van der Waals surface area (Å²) in [5, 5.41) is 177. The minimum absolute atomic E-state index is 0.0996. The minimum Gasteiger partial charge on any atom is -0.496 e. The zero-order valence-corrected chi connectivity index (χ0v) is 50.6. The Kier molecular flexibility index (Phi) is 24.8. The largest absolute Gasteiger partial charge is 0.496 e. The van der Waals surface area contributed by atoms with Crippen LogP contribution in [-0.4, -0.2) is 343 Å². The van der Waals surface area contributed by atoms with Gasteiger partial charge in [0, 0.05) is 28.3 Å². The predicted octanol–water partition coefficient (Wildman–Crippen LogP) is -12.6. The first-order chi connectivity index (χ1) is 44.5. The normalized spacial score (nSPS) is 42.9. The fourth-order valence-electron chi connectivity index (χ4n) is 12.0. The molecule has 38 heteroatoms. The summed E-state index contributed by atoms with van der Waals surface area (Å²) in [6.45, 7) is -7.19. The molecule has 0 saturated carbocycles. The van der Waals surface area contributed by atoms with Gasteiger partial charge in [-0.2, -0.15) is 0 Å². The second kappa shape index (κ2) is 31.0. The highest BCUT2D eigenvalue weighted by Crippen LogP contribution is 2.42. The summed E-state index contributed by atoms with van der Waals surface area (Å²) in [4.78, 5) is 46.5. The van der Waals surface area contributed by atoms with Crippen molar-refractivity contribution in [1.29, 1.82) is 0 Å². The third kappa shape index (κ3) is 13.9. The van der Waals surface area contributed by atoms with E-state index >= 15 is 9.59 Å². The highest BCUT2D eigenvalue weighted by Gasteiger charge is 2.63. The molecule has 530 valence electrons. The lowest BCUT2D eigenvalue weighted by molar-refractivity contribution is -0.354. The first-order valence-electron chi connectivity index (χ1n) is 29.4. The van der Waals surface area contributed by atoms with Gasteiger partial charge in [0.15, 0.2) is 66.2 Å². The number of ether oxygens (including phenoxy) is 13. The summed E-state index contributed by atoms with van der Waals surface area (Å²) in [5.41, 5.74) is 27.6. The molecule has 2 aromatic carbocycles. The van der Waals surface area contributed by atoms with E-state index in [-0.39, 0.29) is 22.8 Å². The summed E-state index contributed by atoms with van der Waals surface area (Å²) < 4.78 is 74.1.